The number of hydrogen-bond acceptors (Lipinski definition) is 5. The van der Waals surface area contributed by atoms with Gasteiger partial charge in [-0.15, -0.1) is 0 Å². The van der Waals surface area contributed by atoms with Crippen molar-refractivity contribution in [1.29, 1.82) is 0 Å². The van der Waals surface area contributed by atoms with Crippen molar-refractivity contribution in [1.82, 2.24) is 4.98 Å². The zero-order chi connectivity index (χ0) is 16.8. The lowest BCUT2D eigenvalue weighted by Gasteiger charge is -2.13. The van der Waals surface area contributed by atoms with Crippen LogP contribution < -0.4 is 5.32 Å². The molecule has 23 heavy (non-hydrogen) atoms. The summed E-state index contributed by atoms with van der Waals surface area (Å²) >= 11 is 5.71. The van der Waals surface area contributed by atoms with Crippen LogP contribution in [0.5, 0.6) is 5.75 Å². The molecular weight excluding hydrogens is 320 g/mol. The minimum Gasteiger partial charge on any atom is -0.508 e. The minimum atomic E-state index is -0.961. The van der Waals surface area contributed by atoms with E-state index in [0.29, 0.717) is 16.4 Å². The van der Waals surface area contributed by atoms with E-state index in [9.17, 15) is 14.7 Å². The lowest BCUT2D eigenvalue weighted by molar-refractivity contribution is -0.152. The molecule has 0 aliphatic carbocycles. The molecular formula is C16H15ClN2O4. The number of ether oxygens (including phenoxy) is 1. The molecule has 0 fully saturated rings. The summed E-state index contributed by atoms with van der Waals surface area (Å²) in [5, 5.41) is 12.2. The van der Waals surface area contributed by atoms with E-state index in [1.807, 2.05) is 0 Å². The maximum absolute atomic E-state index is 11.9. The number of aromatic nitrogens is 1. The van der Waals surface area contributed by atoms with E-state index < -0.39 is 18.0 Å². The van der Waals surface area contributed by atoms with Crippen molar-refractivity contribution in [2.75, 3.05) is 5.32 Å². The number of aromatic hydroxyl groups is 1. The first-order valence-electron chi connectivity index (χ1n) is 6.84. The van der Waals surface area contributed by atoms with Gasteiger partial charge in [0.1, 0.15) is 11.6 Å². The predicted molar refractivity (Wildman–Crippen MR) is 85.2 cm³/mol. The van der Waals surface area contributed by atoms with Gasteiger partial charge in [0, 0.05) is 6.20 Å². The normalized spacial score (nSPS) is 11.6. The number of nitrogens with zero attached hydrogens (tertiary/aromatic N) is 1. The highest BCUT2D eigenvalue weighted by Gasteiger charge is 2.18. The summed E-state index contributed by atoms with van der Waals surface area (Å²) in [5.74, 6) is -0.590. The van der Waals surface area contributed by atoms with Crippen LogP contribution in [0.25, 0.3) is 0 Å². The summed E-state index contributed by atoms with van der Waals surface area (Å²) in [5.41, 5.74) is 0.680. The molecule has 0 radical (unpaired) electrons. The first kappa shape index (κ1) is 16.8. The van der Waals surface area contributed by atoms with Crippen molar-refractivity contribution in [2.24, 2.45) is 0 Å². The monoisotopic (exact) mass is 334 g/mol. The molecule has 1 aromatic carbocycles. The molecule has 2 N–H and O–H groups in total. The first-order valence-corrected chi connectivity index (χ1v) is 7.21. The molecule has 1 heterocycles. The summed E-state index contributed by atoms with van der Waals surface area (Å²) in [6.07, 6.45) is 0.451. The number of phenolic OH excluding ortho intramolecular Hbond substituents is 1. The molecule has 0 aliphatic heterocycles. The van der Waals surface area contributed by atoms with E-state index in [1.165, 1.54) is 25.3 Å². The number of pyridine rings is 1. The Kier molecular flexibility index (Phi) is 5.54. The third kappa shape index (κ3) is 5.27. The van der Waals surface area contributed by atoms with E-state index in [2.05, 4.69) is 10.3 Å². The van der Waals surface area contributed by atoms with Crippen molar-refractivity contribution in [3.05, 3.63) is 53.2 Å². The second-order valence-corrected chi connectivity index (χ2v) is 5.26. The maximum Gasteiger partial charge on any atom is 0.311 e. The Balaban J connectivity index is 1.86. The number of hydrogen-bond donors (Lipinski definition) is 2. The van der Waals surface area contributed by atoms with Crippen LogP contribution in [0.2, 0.25) is 5.02 Å². The number of benzene rings is 1. The van der Waals surface area contributed by atoms with Gasteiger partial charge in [-0.05, 0) is 36.8 Å². The number of esters is 1. The number of anilines is 1. The van der Waals surface area contributed by atoms with Crippen molar-refractivity contribution < 1.29 is 19.4 Å². The van der Waals surface area contributed by atoms with Crippen LogP contribution in [0.15, 0.2) is 42.6 Å². The van der Waals surface area contributed by atoms with Crippen LogP contribution in [-0.4, -0.2) is 28.1 Å². The zero-order valence-corrected chi connectivity index (χ0v) is 13.1. The number of carbonyl (C=O) groups is 2. The molecule has 1 aromatic heterocycles. The molecule has 1 atom stereocenters. The van der Waals surface area contributed by atoms with Crippen molar-refractivity contribution in [2.45, 2.75) is 19.4 Å². The standard InChI is InChI=1S/C16H15ClN2O4/c1-10(16(22)19-14-7-4-12(17)9-18-14)23-15(21)8-11-2-5-13(20)6-3-11/h2-7,9-10,20H,8H2,1H3,(H,18,19,22)/t10-/m1/s1. The third-order valence-electron chi connectivity index (χ3n) is 2.94. The fourth-order valence-corrected chi connectivity index (χ4v) is 1.86. The van der Waals surface area contributed by atoms with Gasteiger partial charge >= 0.3 is 5.97 Å². The van der Waals surface area contributed by atoms with Crippen LogP contribution in [0.3, 0.4) is 0 Å². The Labute approximate surface area is 138 Å². The van der Waals surface area contributed by atoms with E-state index in [1.54, 1.807) is 24.3 Å². The van der Waals surface area contributed by atoms with E-state index in [4.69, 9.17) is 16.3 Å². The van der Waals surface area contributed by atoms with Crippen molar-refractivity contribution >= 4 is 29.3 Å². The fourth-order valence-electron chi connectivity index (χ4n) is 1.75. The smallest absolute Gasteiger partial charge is 0.311 e. The van der Waals surface area contributed by atoms with Crippen LogP contribution in [0.4, 0.5) is 5.82 Å². The van der Waals surface area contributed by atoms with Crippen molar-refractivity contribution in [3.63, 3.8) is 0 Å². The topological polar surface area (TPSA) is 88.5 Å². The molecule has 0 bridgehead atoms. The van der Waals surface area contributed by atoms with Gasteiger partial charge in [0.05, 0.1) is 11.4 Å². The maximum atomic E-state index is 11.9. The van der Waals surface area contributed by atoms with Crippen LogP contribution in [0, 0.1) is 0 Å². The summed E-state index contributed by atoms with van der Waals surface area (Å²) in [6.45, 7) is 1.47. The summed E-state index contributed by atoms with van der Waals surface area (Å²) < 4.78 is 5.07. The van der Waals surface area contributed by atoms with Gasteiger partial charge < -0.3 is 15.2 Å². The van der Waals surface area contributed by atoms with Gasteiger partial charge in [0.25, 0.3) is 5.91 Å². The number of phenols is 1. The average Bonchev–Trinajstić information content (AvgIpc) is 2.51. The molecule has 0 unspecified atom stereocenters. The molecule has 0 saturated carbocycles. The lowest BCUT2D eigenvalue weighted by atomic mass is 10.1. The summed E-state index contributed by atoms with van der Waals surface area (Å²) in [7, 11) is 0. The molecule has 2 rings (SSSR count). The first-order chi connectivity index (χ1) is 10.9. The van der Waals surface area contributed by atoms with Crippen LogP contribution in [0.1, 0.15) is 12.5 Å². The minimum absolute atomic E-state index is 0.0110. The molecule has 7 heteroatoms. The van der Waals surface area contributed by atoms with E-state index in [-0.39, 0.29) is 12.2 Å². The van der Waals surface area contributed by atoms with Gasteiger partial charge in [-0.25, -0.2) is 4.98 Å². The van der Waals surface area contributed by atoms with Crippen LogP contribution >= 0.6 is 11.6 Å². The molecule has 1 amide bonds. The Morgan fingerprint density at radius 3 is 2.57 bits per heavy atom. The SMILES string of the molecule is C[C@@H](OC(=O)Cc1ccc(O)cc1)C(=O)Nc1ccc(Cl)cn1. The second kappa shape index (κ2) is 7.60. The molecule has 6 nitrogen and oxygen atoms in total. The highest BCUT2D eigenvalue weighted by molar-refractivity contribution is 6.30. The van der Waals surface area contributed by atoms with Gasteiger partial charge in [-0.1, -0.05) is 23.7 Å². The molecule has 0 spiro atoms. The van der Waals surface area contributed by atoms with E-state index in [0.717, 1.165) is 0 Å². The Morgan fingerprint density at radius 2 is 1.96 bits per heavy atom. The third-order valence-corrected chi connectivity index (χ3v) is 3.16. The average molecular weight is 335 g/mol. The van der Waals surface area contributed by atoms with E-state index >= 15 is 0 Å². The fraction of sp³-hybridized carbons (Fsp3) is 0.188. The molecule has 120 valence electrons. The highest BCUT2D eigenvalue weighted by atomic mass is 35.5. The summed E-state index contributed by atoms with van der Waals surface area (Å²) in [6, 6.07) is 9.31. The number of rotatable bonds is 5. The predicted octanol–water partition coefficient (Wildman–Crippen LogP) is 2.55. The largest absolute Gasteiger partial charge is 0.508 e. The van der Waals surface area contributed by atoms with Gasteiger partial charge in [-0.3, -0.25) is 9.59 Å². The molecule has 2 aromatic rings. The molecule has 0 aliphatic rings. The van der Waals surface area contributed by atoms with Crippen molar-refractivity contribution in [3.8, 4) is 5.75 Å². The Bertz CT molecular complexity index is 686. The number of halogens is 1. The zero-order valence-electron chi connectivity index (χ0n) is 12.3. The Hall–Kier alpha value is -2.60. The number of amides is 1. The number of carbonyl (C=O) groups excluding carboxylic acids is 2. The van der Waals surface area contributed by atoms with Crippen LogP contribution in [-0.2, 0) is 20.7 Å². The molecule has 0 saturated heterocycles. The number of nitrogens with one attached hydrogen (secondary N) is 1. The van der Waals surface area contributed by atoms with Gasteiger partial charge in [-0.2, -0.15) is 0 Å². The summed E-state index contributed by atoms with van der Waals surface area (Å²) in [4.78, 5) is 27.7. The lowest BCUT2D eigenvalue weighted by Crippen LogP contribution is -2.30. The highest BCUT2D eigenvalue weighted by Crippen LogP contribution is 2.12. The Morgan fingerprint density at radius 1 is 1.26 bits per heavy atom. The van der Waals surface area contributed by atoms with Gasteiger partial charge in [0.15, 0.2) is 6.10 Å². The van der Waals surface area contributed by atoms with Gasteiger partial charge in [0.2, 0.25) is 0 Å². The quantitative estimate of drug-likeness (QED) is 0.820. The second-order valence-electron chi connectivity index (χ2n) is 4.83.